The van der Waals surface area contributed by atoms with Crippen LogP contribution in [-0.4, -0.2) is 0 Å². The molecule has 0 amide bonds. The van der Waals surface area contributed by atoms with Crippen molar-refractivity contribution in [1.82, 2.24) is 0 Å². The lowest BCUT2D eigenvalue weighted by molar-refractivity contribution is 0.662. The molecule has 0 radical (unpaired) electrons. The molecular formula is C10H10. The first-order valence-corrected chi connectivity index (χ1v) is 4.06. The molecule has 0 aromatic heterocycles. The first-order chi connectivity index (χ1) is 4.95. The maximum atomic E-state index is 2.31. The summed E-state index contributed by atoms with van der Waals surface area (Å²) in [6, 6.07) is 6.81. The Balaban J connectivity index is 2.40. The van der Waals surface area contributed by atoms with Gasteiger partial charge in [0.15, 0.2) is 0 Å². The van der Waals surface area contributed by atoms with Gasteiger partial charge in [-0.2, -0.15) is 0 Å². The third-order valence-corrected chi connectivity index (χ3v) is 2.96. The van der Waals surface area contributed by atoms with Crippen LogP contribution in [0.1, 0.15) is 29.0 Å². The normalized spacial score (nSPS) is 25.8. The Morgan fingerprint density at radius 1 is 1.30 bits per heavy atom. The molecule has 0 spiro atoms. The topological polar surface area (TPSA) is 0 Å². The Bertz CT molecular complexity index is 286. The fourth-order valence-corrected chi connectivity index (χ4v) is 2.48. The van der Waals surface area contributed by atoms with E-state index in [1.54, 1.807) is 16.7 Å². The largest absolute Gasteiger partial charge is 0.0617 e. The van der Waals surface area contributed by atoms with E-state index in [2.05, 4.69) is 18.2 Å². The van der Waals surface area contributed by atoms with E-state index in [0.717, 1.165) is 5.92 Å². The van der Waals surface area contributed by atoms with Crippen molar-refractivity contribution >= 4 is 0 Å². The molecule has 4 bridgehead atoms. The molecule has 0 heterocycles. The molecule has 1 atom stereocenters. The van der Waals surface area contributed by atoms with Crippen LogP contribution in [0, 0.1) is 0 Å². The van der Waals surface area contributed by atoms with E-state index in [-0.39, 0.29) is 0 Å². The molecule has 1 unspecified atom stereocenters. The van der Waals surface area contributed by atoms with E-state index in [0.29, 0.717) is 0 Å². The van der Waals surface area contributed by atoms with Gasteiger partial charge in [-0.15, -0.1) is 0 Å². The second kappa shape index (κ2) is 1.45. The van der Waals surface area contributed by atoms with Gasteiger partial charge in [-0.05, 0) is 41.9 Å². The molecule has 0 saturated heterocycles. The Morgan fingerprint density at radius 2 is 2.30 bits per heavy atom. The van der Waals surface area contributed by atoms with Gasteiger partial charge in [0, 0.05) is 0 Å². The Labute approximate surface area is 60.9 Å². The molecule has 10 heavy (non-hydrogen) atoms. The van der Waals surface area contributed by atoms with Crippen molar-refractivity contribution in [1.29, 1.82) is 0 Å². The van der Waals surface area contributed by atoms with Crippen LogP contribution in [0.2, 0.25) is 0 Å². The second-order valence-corrected chi connectivity index (χ2v) is 3.42. The van der Waals surface area contributed by atoms with Crippen LogP contribution in [0.25, 0.3) is 0 Å². The van der Waals surface area contributed by atoms with Gasteiger partial charge in [0.25, 0.3) is 0 Å². The molecule has 0 N–H and O–H groups in total. The minimum Gasteiger partial charge on any atom is -0.0617 e. The van der Waals surface area contributed by atoms with Crippen molar-refractivity contribution in [3.8, 4) is 0 Å². The van der Waals surface area contributed by atoms with Crippen molar-refractivity contribution in [2.75, 3.05) is 0 Å². The SMILES string of the molecule is c1cc2c3c(c1)C(CC3)C2. The first kappa shape index (κ1) is 4.95. The van der Waals surface area contributed by atoms with E-state index in [1.165, 1.54) is 19.3 Å². The molecule has 0 nitrogen and oxygen atoms in total. The maximum Gasteiger partial charge on any atom is -0.0115 e. The van der Waals surface area contributed by atoms with Crippen LogP contribution >= 0.6 is 0 Å². The van der Waals surface area contributed by atoms with Gasteiger partial charge >= 0.3 is 0 Å². The third-order valence-electron chi connectivity index (χ3n) is 2.96. The highest BCUT2D eigenvalue weighted by atomic mass is 14.3. The van der Waals surface area contributed by atoms with Crippen molar-refractivity contribution < 1.29 is 0 Å². The summed E-state index contributed by atoms with van der Waals surface area (Å²) in [6.45, 7) is 0. The van der Waals surface area contributed by atoms with Gasteiger partial charge in [-0.1, -0.05) is 18.2 Å². The average Bonchev–Trinajstić information content (AvgIpc) is 2.44. The van der Waals surface area contributed by atoms with Gasteiger partial charge in [0.1, 0.15) is 0 Å². The predicted octanol–water partition coefficient (Wildman–Crippen LogP) is 2.27. The molecular weight excluding hydrogens is 120 g/mol. The standard InChI is InChI=1S/C10H10/c1-2-7-6-8-4-5-10(7)9(8)3-1/h1-3,8H,4-6H2. The molecule has 50 valence electrons. The zero-order valence-electron chi connectivity index (χ0n) is 5.93. The summed E-state index contributed by atoms with van der Waals surface area (Å²) in [5.74, 6) is 0.917. The maximum absolute atomic E-state index is 2.31. The molecule has 0 aliphatic heterocycles. The highest BCUT2D eigenvalue weighted by Gasteiger charge is 2.30. The quantitative estimate of drug-likeness (QED) is 0.505. The van der Waals surface area contributed by atoms with Gasteiger partial charge in [0.05, 0.1) is 0 Å². The Kier molecular flexibility index (Phi) is 0.715. The highest BCUT2D eigenvalue weighted by molar-refractivity contribution is 5.47. The minimum absolute atomic E-state index is 0.917. The van der Waals surface area contributed by atoms with Gasteiger partial charge in [-0.25, -0.2) is 0 Å². The predicted molar refractivity (Wildman–Crippen MR) is 41.2 cm³/mol. The first-order valence-electron chi connectivity index (χ1n) is 4.06. The van der Waals surface area contributed by atoms with Crippen LogP contribution in [0.15, 0.2) is 18.2 Å². The zero-order chi connectivity index (χ0) is 6.55. The Hall–Kier alpha value is -0.780. The van der Waals surface area contributed by atoms with Crippen molar-refractivity contribution in [2.45, 2.75) is 25.2 Å². The zero-order valence-corrected chi connectivity index (χ0v) is 5.93. The number of hydrogen-bond donors (Lipinski definition) is 0. The van der Waals surface area contributed by atoms with E-state index in [4.69, 9.17) is 0 Å². The number of hydrogen-bond acceptors (Lipinski definition) is 0. The van der Waals surface area contributed by atoms with E-state index >= 15 is 0 Å². The van der Waals surface area contributed by atoms with Crippen molar-refractivity contribution in [3.63, 3.8) is 0 Å². The van der Waals surface area contributed by atoms with Crippen LogP contribution < -0.4 is 0 Å². The second-order valence-electron chi connectivity index (χ2n) is 3.42. The van der Waals surface area contributed by atoms with Crippen molar-refractivity contribution in [2.24, 2.45) is 0 Å². The van der Waals surface area contributed by atoms with Crippen molar-refractivity contribution in [3.05, 3.63) is 34.9 Å². The summed E-state index contributed by atoms with van der Waals surface area (Å²) in [4.78, 5) is 0. The fourth-order valence-electron chi connectivity index (χ4n) is 2.48. The Morgan fingerprint density at radius 3 is 3.10 bits per heavy atom. The smallest absolute Gasteiger partial charge is 0.0115 e. The number of benzene rings is 1. The lowest BCUT2D eigenvalue weighted by Gasteiger charge is -2.05. The molecule has 0 saturated carbocycles. The molecule has 2 aliphatic carbocycles. The van der Waals surface area contributed by atoms with Gasteiger partial charge in [-0.3, -0.25) is 0 Å². The van der Waals surface area contributed by atoms with Crippen LogP contribution in [0.3, 0.4) is 0 Å². The summed E-state index contributed by atoms with van der Waals surface area (Å²) in [6.07, 6.45) is 4.13. The molecule has 2 aliphatic rings. The average molecular weight is 130 g/mol. The monoisotopic (exact) mass is 130 g/mol. The lowest BCUT2D eigenvalue weighted by atomic mass is 9.99. The van der Waals surface area contributed by atoms with E-state index in [9.17, 15) is 0 Å². The third kappa shape index (κ3) is 0.406. The summed E-state index contributed by atoms with van der Waals surface area (Å²) in [5, 5.41) is 0. The molecule has 1 aromatic rings. The van der Waals surface area contributed by atoms with E-state index in [1.807, 2.05) is 0 Å². The molecule has 3 rings (SSSR count). The molecule has 1 aromatic carbocycles. The van der Waals surface area contributed by atoms with Gasteiger partial charge in [0.2, 0.25) is 0 Å². The summed E-state index contributed by atoms with van der Waals surface area (Å²) >= 11 is 0. The molecule has 0 fully saturated rings. The van der Waals surface area contributed by atoms with Crippen LogP contribution in [0.5, 0.6) is 0 Å². The lowest BCUT2D eigenvalue weighted by Crippen LogP contribution is -1.95. The summed E-state index contributed by atoms with van der Waals surface area (Å²) in [7, 11) is 0. The van der Waals surface area contributed by atoms with Crippen LogP contribution in [-0.2, 0) is 12.8 Å². The van der Waals surface area contributed by atoms with E-state index < -0.39 is 0 Å². The summed E-state index contributed by atoms with van der Waals surface area (Å²) < 4.78 is 0. The fraction of sp³-hybridized carbons (Fsp3) is 0.400. The molecule has 0 heteroatoms. The highest BCUT2D eigenvalue weighted by Crippen LogP contribution is 2.44. The minimum atomic E-state index is 0.917. The summed E-state index contributed by atoms with van der Waals surface area (Å²) in [5.41, 5.74) is 4.98. The van der Waals surface area contributed by atoms with Crippen LogP contribution in [0.4, 0.5) is 0 Å². The van der Waals surface area contributed by atoms with Gasteiger partial charge < -0.3 is 0 Å². The number of rotatable bonds is 0.